The van der Waals surface area contributed by atoms with Gasteiger partial charge in [0.25, 0.3) is 0 Å². The maximum atomic E-state index is 9.22. The summed E-state index contributed by atoms with van der Waals surface area (Å²) in [6.07, 6.45) is 2.36. The van der Waals surface area contributed by atoms with Crippen molar-refractivity contribution in [3.63, 3.8) is 0 Å². The highest BCUT2D eigenvalue weighted by Crippen LogP contribution is 2.17. The number of phenolic OH excluding ortho intramolecular Hbond substituents is 1. The number of phenols is 1. The molecule has 1 heterocycles. The van der Waals surface area contributed by atoms with Crippen molar-refractivity contribution in [2.24, 2.45) is 5.92 Å². The minimum absolute atomic E-state index is 0.334. The zero-order valence-electron chi connectivity index (χ0n) is 10.4. The van der Waals surface area contributed by atoms with E-state index in [1.165, 1.54) is 18.4 Å². The molecule has 94 valence electrons. The van der Waals surface area contributed by atoms with Crippen molar-refractivity contribution in [1.82, 2.24) is 4.90 Å². The summed E-state index contributed by atoms with van der Waals surface area (Å²) in [6.45, 7) is 3.90. The predicted octanol–water partition coefficient (Wildman–Crippen LogP) is 2.25. The van der Waals surface area contributed by atoms with Crippen LogP contribution >= 0.6 is 0 Å². The van der Waals surface area contributed by atoms with Crippen LogP contribution in [-0.4, -0.2) is 36.8 Å². The molecule has 1 aliphatic rings. The molecule has 0 amide bonds. The van der Waals surface area contributed by atoms with Crippen LogP contribution in [0.25, 0.3) is 0 Å². The first kappa shape index (κ1) is 12.4. The lowest BCUT2D eigenvalue weighted by molar-refractivity contribution is 0.0549. The summed E-state index contributed by atoms with van der Waals surface area (Å²) in [7, 11) is 2.16. The van der Waals surface area contributed by atoms with E-state index >= 15 is 0 Å². The van der Waals surface area contributed by atoms with E-state index in [1.54, 1.807) is 12.1 Å². The van der Waals surface area contributed by atoms with Crippen LogP contribution in [-0.2, 0) is 11.3 Å². The second kappa shape index (κ2) is 6.03. The Kier molecular flexibility index (Phi) is 4.40. The number of ether oxygens (including phenoxy) is 1. The van der Waals surface area contributed by atoms with Crippen molar-refractivity contribution in [3.05, 3.63) is 29.8 Å². The van der Waals surface area contributed by atoms with Gasteiger partial charge in [0.05, 0.1) is 0 Å². The molecule has 3 nitrogen and oxygen atoms in total. The van der Waals surface area contributed by atoms with Crippen molar-refractivity contribution in [2.45, 2.75) is 19.4 Å². The molecule has 1 aromatic rings. The van der Waals surface area contributed by atoms with E-state index in [1.807, 2.05) is 12.1 Å². The zero-order chi connectivity index (χ0) is 12.1. The van der Waals surface area contributed by atoms with Crippen LogP contribution in [0.3, 0.4) is 0 Å². The number of hydrogen-bond donors (Lipinski definition) is 1. The SMILES string of the molecule is CN(Cc1ccc(O)cc1)CC1CCOCC1. The summed E-state index contributed by atoms with van der Waals surface area (Å²) in [5, 5.41) is 9.22. The Labute approximate surface area is 103 Å². The highest BCUT2D eigenvalue weighted by atomic mass is 16.5. The fourth-order valence-electron chi connectivity index (χ4n) is 2.35. The molecule has 0 aromatic heterocycles. The summed E-state index contributed by atoms with van der Waals surface area (Å²) in [5.74, 6) is 1.10. The number of aromatic hydroxyl groups is 1. The third-order valence-electron chi connectivity index (χ3n) is 3.30. The molecule has 0 radical (unpaired) electrons. The summed E-state index contributed by atoms with van der Waals surface area (Å²) < 4.78 is 5.37. The molecule has 17 heavy (non-hydrogen) atoms. The largest absolute Gasteiger partial charge is 0.508 e. The average molecular weight is 235 g/mol. The Bertz CT molecular complexity index is 331. The Hall–Kier alpha value is -1.06. The van der Waals surface area contributed by atoms with E-state index in [-0.39, 0.29) is 0 Å². The van der Waals surface area contributed by atoms with Crippen molar-refractivity contribution >= 4 is 0 Å². The third kappa shape index (κ3) is 4.02. The normalized spacial score (nSPS) is 17.5. The van der Waals surface area contributed by atoms with Crippen molar-refractivity contribution in [2.75, 3.05) is 26.8 Å². The van der Waals surface area contributed by atoms with E-state index in [0.717, 1.165) is 32.2 Å². The molecule has 0 spiro atoms. The second-order valence-electron chi connectivity index (χ2n) is 4.92. The highest BCUT2D eigenvalue weighted by Gasteiger charge is 2.15. The Morgan fingerprint density at radius 2 is 1.88 bits per heavy atom. The molecule has 0 aliphatic carbocycles. The van der Waals surface area contributed by atoms with E-state index in [0.29, 0.717) is 5.75 Å². The fraction of sp³-hybridized carbons (Fsp3) is 0.571. The van der Waals surface area contributed by atoms with Crippen LogP contribution in [0.1, 0.15) is 18.4 Å². The van der Waals surface area contributed by atoms with Gasteiger partial charge in [-0.15, -0.1) is 0 Å². The van der Waals surface area contributed by atoms with Gasteiger partial charge in [0.15, 0.2) is 0 Å². The van der Waals surface area contributed by atoms with Crippen LogP contribution in [0.2, 0.25) is 0 Å². The van der Waals surface area contributed by atoms with Crippen LogP contribution in [0.15, 0.2) is 24.3 Å². The van der Waals surface area contributed by atoms with Crippen LogP contribution in [0.5, 0.6) is 5.75 Å². The molecule has 2 rings (SSSR count). The first-order valence-electron chi connectivity index (χ1n) is 6.28. The van der Waals surface area contributed by atoms with Crippen molar-refractivity contribution < 1.29 is 9.84 Å². The number of nitrogens with zero attached hydrogens (tertiary/aromatic N) is 1. The quantitative estimate of drug-likeness (QED) is 0.869. The first-order valence-corrected chi connectivity index (χ1v) is 6.28. The maximum absolute atomic E-state index is 9.22. The average Bonchev–Trinajstić information content (AvgIpc) is 2.33. The molecular formula is C14H21NO2. The van der Waals surface area contributed by atoms with Gasteiger partial charge in [-0.1, -0.05) is 12.1 Å². The topological polar surface area (TPSA) is 32.7 Å². The Morgan fingerprint density at radius 3 is 2.53 bits per heavy atom. The van der Waals surface area contributed by atoms with Crippen LogP contribution < -0.4 is 0 Å². The van der Waals surface area contributed by atoms with E-state index in [2.05, 4.69) is 11.9 Å². The second-order valence-corrected chi connectivity index (χ2v) is 4.92. The summed E-state index contributed by atoms with van der Waals surface area (Å²) in [4.78, 5) is 2.35. The smallest absolute Gasteiger partial charge is 0.115 e. The van der Waals surface area contributed by atoms with Gasteiger partial charge in [-0.25, -0.2) is 0 Å². The highest BCUT2D eigenvalue weighted by molar-refractivity contribution is 5.25. The summed E-state index contributed by atoms with van der Waals surface area (Å²) in [5.41, 5.74) is 1.25. The minimum Gasteiger partial charge on any atom is -0.508 e. The van der Waals surface area contributed by atoms with Crippen LogP contribution in [0.4, 0.5) is 0 Å². The van der Waals surface area contributed by atoms with Crippen LogP contribution in [0, 0.1) is 5.92 Å². The van der Waals surface area contributed by atoms with Gasteiger partial charge < -0.3 is 14.7 Å². The van der Waals surface area contributed by atoms with Gasteiger partial charge in [-0.05, 0) is 43.5 Å². The molecular weight excluding hydrogens is 214 g/mol. The molecule has 1 aliphatic heterocycles. The van der Waals surface area contributed by atoms with Gasteiger partial charge in [0.1, 0.15) is 5.75 Å². The lowest BCUT2D eigenvalue weighted by Gasteiger charge is -2.27. The van der Waals surface area contributed by atoms with E-state index in [9.17, 15) is 5.11 Å². The lowest BCUT2D eigenvalue weighted by atomic mass is 10.00. The first-order chi connectivity index (χ1) is 8.24. The molecule has 1 N–H and O–H groups in total. The number of hydrogen-bond acceptors (Lipinski definition) is 3. The molecule has 0 atom stereocenters. The van der Waals surface area contributed by atoms with E-state index in [4.69, 9.17) is 4.74 Å². The molecule has 1 fully saturated rings. The molecule has 1 aromatic carbocycles. The number of benzene rings is 1. The van der Waals surface area contributed by atoms with Gasteiger partial charge >= 0.3 is 0 Å². The summed E-state index contributed by atoms with van der Waals surface area (Å²) >= 11 is 0. The van der Waals surface area contributed by atoms with Crippen molar-refractivity contribution in [3.8, 4) is 5.75 Å². The Morgan fingerprint density at radius 1 is 1.24 bits per heavy atom. The van der Waals surface area contributed by atoms with Gasteiger partial charge in [-0.2, -0.15) is 0 Å². The molecule has 0 unspecified atom stereocenters. The molecule has 3 heteroatoms. The van der Waals surface area contributed by atoms with Gasteiger partial charge in [0, 0.05) is 26.3 Å². The maximum Gasteiger partial charge on any atom is 0.115 e. The van der Waals surface area contributed by atoms with Gasteiger partial charge in [-0.3, -0.25) is 0 Å². The molecule has 1 saturated heterocycles. The standard InChI is InChI=1S/C14H21NO2/c1-15(11-13-6-8-17-9-7-13)10-12-2-4-14(16)5-3-12/h2-5,13,16H,6-11H2,1H3. The zero-order valence-corrected chi connectivity index (χ0v) is 10.4. The van der Waals surface area contributed by atoms with E-state index < -0.39 is 0 Å². The minimum atomic E-state index is 0.334. The fourth-order valence-corrected chi connectivity index (χ4v) is 2.35. The van der Waals surface area contributed by atoms with Crippen molar-refractivity contribution in [1.29, 1.82) is 0 Å². The molecule has 0 bridgehead atoms. The Balaban J connectivity index is 1.79. The monoisotopic (exact) mass is 235 g/mol. The van der Waals surface area contributed by atoms with Gasteiger partial charge in [0.2, 0.25) is 0 Å². The summed E-state index contributed by atoms with van der Waals surface area (Å²) in [6, 6.07) is 7.46. The lowest BCUT2D eigenvalue weighted by Crippen LogP contribution is -2.29. The third-order valence-corrected chi connectivity index (χ3v) is 3.30. The molecule has 0 saturated carbocycles. The predicted molar refractivity (Wildman–Crippen MR) is 68.0 cm³/mol. The number of rotatable bonds is 4.